The smallest absolute Gasteiger partial charge is 0.253 e. The van der Waals surface area contributed by atoms with Gasteiger partial charge in [-0.2, -0.15) is 0 Å². The number of pyridine rings is 1. The zero-order chi connectivity index (χ0) is 20.9. The minimum absolute atomic E-state index is 0.0938. The molecule has 1 fully saturated rings. The monoisotopic (exact) mass is 422 g/mol. The van der Waals surface area contributed by atoms with Gasteiger partial charge in [0.15, 0.2) is 0 Å². The Morgan fingerprint density at radius 1 is 1.28 bits per heavy atom. The van der Waals surface area contributed by atoms with E-state index in [-0.39, 0.29) is 30.3 Å². The van der Waals surface area contributed by atoms with Crippen LogP contribution in [-0.4, -0.2) is 47.6 Å². The lowest BCUT2D eigenvalue weighted by Gasteiger charge is -2.36. The number of nitrogens with zero attached hydrogens (tertiary/aromatic N) is 2. The maximum Gasteiger partial charge on any atom is 0.253 e. The van der Waals surface area contributed by atoms with Crippen molar-refractivity contribution in [2.45, 2.75) is 32.0 Å². The van der Waals surface area contributed by atoms with Gasteiger partial charge in [-0.15, -0.1) is 0 Å². The first-order chi connectivity index (χ1) is 13.9. The predicted molar refractivity (Wildman–Crippen MR) is 110 cm³/mol. The molecule has 29 heavy (non-hydrogen) atoms. The van der Waals surface area contributed by atoms with Crippen LogP contribution in [0.15, 0.2) is 36.4 Å². The number of alkyl halides is 1. The highest BCUT2D eigenvalue weighted by Crippen LogP contribution is 2.27. The lowest BCUT2D eigenvalue weighted by molar-refractivity contribution is 0.0434. The number of carbonyl (C=O) groups is 1. The first kappa shape index (κ1) is 21.5. The number of piperidine rings is 1. The lowest BCUT2D eigenvalue weighted by Crippen LogP contribution is -2.48. The fraction of sp³-hybridized carbons (Fsp3) is 0.429. The number of benzene rings is 1. The van der Waals surface area contributed by atoms with Gasteiger partial charge < -0.3 is 15.5 Å². The number of halogens is 3. The van der Waals surface area contributed by atoms with Crippen LogP contribution >= 0.6 is 11.6 Å². The zero-order valence-corrected chi connectivity index (χ0v) is 17.1. The predicted octanol–water partition coefficient (Wildman–Crippen LogP) is 4.04. The second kappa shape index (κ2) is 9.50. The number of anilines is 1. The average Bonchev–Trinajstić information content (AvgIpc) is 2.71. The van der Waals surface area contributed by atoms with Crippen molar-refractivity contribution in [2.75, 3.05) is 31.5 Å². The Balaban J connectivity index is 1.49. The standard InChI is InChI=1S/C21H25ClF2N4O/c1-2-26-19-5-3-4-16(27-19)13-25-14-21(24)8-10-28(11-9-21)20(29)15-6-7-18(23)17(22)12-15/h3-7,12,25H,2,8-11,13-14H2,1H3,(H,26,27). The highest BCUT2D eigenvalue weighted by atomic mass is 35.5. The van der Waals surface area contributed by atoms with Crippen LogP contribution in [-0.2, 0) is 6.54 Å². The number of rotatable bonds is 7. The van der Waals surface area contributed by atoms with Crippen molar-refractivity contribution in [1.29, 1.82) is 0 Å². The third-order valence-corrected chi connectivity index (χ3v) is 5.32. The van der Waals surface area contributed by atoms with Crippen molar-refractivity contribution in [3.63, 3.8) is 0 Å². The van der Waals surface area contributed by atoms with Crippen LogP contribution in [0.1, 0.15) is 35.8 Å². The van der Waals surface area contributed by atoms with Crippen LogP contribution in [0, 0.1) is 5.82 Å². The summed E-state index contributed by atoms with van der Waals surface area (Å²) in [6.07, 6.45) is 0.483. The van der Waals surface area contributed by atoms with Gasteiger partial charge >= 0.3 is 0 Å². The van der Waals surface area contributed by atoms with Gasteiger partial charge in [0, 0.05) is 51.1 Å². The van der Waals surface area contributed by atoms with E-state index in [0.29, 0.717) is 25.2 Å². The second-order valence-electron chi connectivity index (χ2n) is 7.22. The highest BCUT2D eigenvalue weighted by molar-refractivity contribution is 6.31. The molecular formula is C21H25ClF2N4O. The molecule has 0 atom stereocenters. The van der Waals surface area contributed by atoms with Crippen LogP contribution in [0.5, 0.6) is 0 Å². The van der Waals surface area contributed by atoms with Gasteiger partial charge in [0.25, 0.3) is 5.91 Å². The molecule has 1 saturated heterocycles. The number of hydrogen-bond donors (Lipinski definition) is 2. The van der Waals surface area contributed by atoms with Crippen LogP contribution in [0.3, 0.4) is 0 Å². The Hall–Kier alpha value is -2.25. The van der Waals surface area contributed by atoms with Crippen LogP contribution in [0.25, 0.3) is 0 Å². The third-order valence-electron chi connectivity index (χ3n) is 5.03. The molecule has 2 aromatic rings. The Bertz CT molecular complexity index is 856. The quantitative estimate of drug-likeness (QED) is 0.707. The van der Waals surface area contributed by atoms with Crippen LogP contribution in [0.2, 0.25) is 5.02 Å². The van der Waals surface area contributed by atoms with Crippen LogP contribution < -0.4 is 10.6 Å². The van der Waals surface area contributed by atoms with E-state index in [1.807, 2.05) is 25.1 Å². The van der Waals surface area contributed by atoms with Crippen molar-refractivity contribution in [2.24, 2.45) is 0 Å². The number of aromatic nitrogens is 1. The summed E-state index contributed by atoms with van der Waals surface area (Å²) in [7, 11) is 0. The minimum Gasteiger partial charge on any atom is -0.370 e. The summed E-state index contributed by atoms with van der Waals surface area (Å²) in [6, 6.07) is 9.59. The first-order valence-corrected chi connectivity index (χ1v) is 10.1. The third kappa shape index (κ3) is 5.64. The van der Waals surface area contributed by atoms with Gasteiger partial charge in [-0.1, -0.05) is 17.7 Å². The molecule has 0 radical (unpaired) electrons. The van der Waals surface area contributed by atoms with E-state index >= 15 is 4.39 Å². The van der Waals surface area contributed by atoms with Crippen molar-refractivity contribution >= 4 is 23.3 Å². The number of carbonyl (C=O) groups excluding carboxylic acids is 1. The summed E-state index contributed by atoms with van der Waals surface area (Å²) in [6.45, 7) is 4.07. The molecule has 156 valence electrons. The van der Waals surface area contributed by atoms with Crippen LogP contribution in [0.4, 0.5) is 14.6 Å². The lowest BCUT2D eigenvalue weighted by atomic mass is 9.92. The van der Waals surface area contributed by atoms with Gasteiger partial charge in [0.2, 0.25) is 0 Å². The number of amides is 1. The fourth-order valence-electron chi connectivity index (χ4n) is 3.37. The molecule has 1 aromatic heterocycles. The second-order valence-corrected chi connectivity index (χ2v) is 7.63. The molecule has 8 heteroatoms. The molecule has 2 heterocycles. The van der Waals surface area contributed by atoms with Crippen molar-refractivity contribution in [3.05, 3.63) is 58.5 Å². The maximum atomic E-state index is 15.1. The average molecular weight is 423 g/mol. The Labute approximate surface area is 174 Å². The molecule has 1 aliphatic heterocycles. The van der Waals surface area contributed by atoms with E-state index < -0.39 is 11.5 Å². The molecule has 0 spiro atoms. The minimum atomic E-state index is -1.38. The van der Waals surface area contributed by atoms with Gasteiger partial charge in [-0.3, -0.25) is 4.79 Å². The summed E-state index contributed by atoms with van der Waals surface area (Å²) in [5, 5.41) is 6.20. The summed E-state index contributed by atoms with van der Waals surface area (Å²) in [4.78, 5) is 18.6. The van der Waals surface area contributed by atoms with E-state index in [9.17, 15) is 9.18 Å². The van der Waals surface area contributed by atoms with Crippen molar-refractivity contribution in [1.82, 2.24) is 15.2 Å². The van der Waals surface area contributed by atoms with Gasteiger partial charge in [0.1, 0.15) is 17.3 Å². The van der Waals surface area contributed by atoms with E-state index in [1.165, 1.54) is 18.2 Å². The first-order valence-electron chi connectivity index (χ1n) is 9.74. The van der Waals surface area contributed by atoms with E-state index in [4.69, 9.17) is 11.6 Å². The molecule has 0 aliphatic carbocycles. The van der Waals surface area contributed by atoms with Gasteiger partial charge in [-0.25, -0.2) is 13.8 Å². The molecule has 0 unspecified atom stereocenters. The molecular weight excluding hydrogens is 398 g/mol. The molecule has 5 nitrogen and oxygen atoms in total. The summed E-state index contributed by atoms with van der Waals surface area (Å²) in [5.41, 5.74) is -0.225. The number of likely N-dealkylation sites (tertiary alicyclic amines) is 1. The molecule has 1 aromatic carbocycles. The van der Waals surface area contributed by atoms with Crippen molar-refractivity contribution in [3.8, 4) is 0 Å². The normalized spacial score (nSPS) is 15.9. The molecule has 0 saturated carbocycles. The fourth-order valence-corrected chi connectivity index (χ4v) is 3.55. The molecule has 1 aliphatic rings. The Morgan fingerprint density at radius 2 is 2.03 bits per heavy atom. The number of nitrogens with one attached hydrogen (secondary N) is 2. The SMILES string of the molecule is CCNc1cccc(CNCC2(F)CCN(C(=O)c3ccc(F)c(Cl)c3)CC2)n1. The van der Waals surface area contributed by atoms with Crippen molar-refractivity contribution < 1.29 is 13.6 Å². The molecule has 1 amide bonds. The summed E-state index contributed by atoms with van der Waals surface area (Å²) in [5.74, 6) is -0.0259. The van der Waals surface area contributed by atoms with E-state index in [0.717, 1.165) is 18.1 Å². The summed E-state index contributed by atoms with van der Waals surface area (Å²) >= 11 is 5.75. The number of hydrogen-bond acceptors (Lipinski definition) is 4. The highest BCUT2D eigenvalue weighted by Gasteiger charge is 2.36. The van der Waals surface area contributed by atoms with E-state index in [2.05, 4.69) is 15.6 Å². The summed E-state index contributed by atoms with van der Waals surface area (Å²) < 4.78 is 28.4. The maximum absolute atomic E-state index is 15.1. The Morgan fingerprint density at radius 3 is 2.72 bits per heavy atom. The van der Waals surface area contributed by atoms with Gasteiger partial charge in [0.05, 0.1) is 10.7 Å². The largest absolute Gasteiger partial charge is 0.370 e. The topological polar surface area (TPSA) is 57.3 Å². The molecule has 2 N–H and O–H groups in total. The molecule has 0 bridgehead atoms. The van der Waals surface area contributed by atoms with Gasteiger partial charge in [-0.05, 0) is 37.3 Å². The zero-order valence-electron chi connectivity index (χ0n) is 16.4. The Kier molecular flexibility index (Phi) is 7.03. The van der Waals surface area contributed by atoms with E-state index in [1.54, 1.807) is 4.90 Å². The molecule has 3 rings (SSSR count).